The van der Waals surface area contributed by atoms with Crippen LogP contribution in [0.3, 0.4) is 0 Å². The highest BCUT2D eigenvalue weighted by atomic mass is 32.2. The van der Waals surface area contributed by atoms with Gasteiger partial charge in [-0.2, -0.15) is 8.42 Å². The molecule has 30 heavy (non-hydrogen) atoms. The zero-order valence-electron chi connectivity index (χ0n) is 15.6. The molecule has 8 nitrogen and oxygen atoms in total. The van der Waals surface area contributed by atoms with E-state index in [4.69, 9.17) is 4.74 Å². The number of nitrogens with zero attached hydrogens (tertiary/aromatic N) is 2. The Bertz CT molecular complexity index is 1430. The number of azo groups is 1. The molecule has 0 fully saturated rings. The molecule has 4 rings (SSSR count). The lowest BCUT2D eigenvalue weighted by molar-refractivity contribution is 0.415. The lowest BCUT2D eigenvalue weighted by Crippen LogP contribution is -1.99. The highest BCUT2D eigenvalue weighted by Gasteiger charge is 2.19. The minimum Gasteiger partial charge on any atom is -0.506 e. The number of phenolic OH excluding ortho intramolecular Hbond substituents is 2. The molecular weight excluding hydrogens is 408 g/mol. The summed E-state index contributed by atoms with van der Waals surface area (Å²) in [6, 6.07) is 15.6. The average Bonchev–Trinajstić information content (AvgIpc) is 2.72. The van der Waals surface area contributed by atoms with E-state index < -0.39 is 20.8 Å². The number of ether oxygens (including phenoxy) is 1. The van der Waals surface area contributed by atoms with Crippen molar-refractivity contribution in [1.82, 2.24) is 0 Å². The van der Waals surface area contributed by atoms with Crippen molar-refractivity contribution in [3.05, 3.63) is 60.7 Å². The van der Waals surface area contributed by atoms with Crippen LogP contribution in [0.5, 0.6) is 17.2 Å². The molecule has 9 heteroatoms. The summed E-state index contributed by atoms with van der Waals surface area (Å²) in [5, 5.41) is 30.7. The minimum atomic E-state index is -4.57. The number of benzene rings is 4. The highest BCUT2D eigenvalue weighted by Crippen LogP contribution is 2.42. The maximum atomic E-state index is 11.7. The first-order chi connectivity index (χ1) is 14.3. The maximum absolute atomic E-state index is 11.7. The number of hydrogen-bond donors (Lipinski definition) is 3. The van der Waals surface area contributed by atoms with Crippen LogP contribution in [0.2, 0.25) is 0 Å². The molecule has 0 aliphatic carbocycles. The van der Waals surface area contributed by atoms with E-state index in [1.165, 1.54) is 19.2 Å². The van der Waals surface area contributed by atoms with Crippen LogP contribution >= 0.6 is 0 Å². The predicted molar refractivity (Wildman–Crippen MR) is 112 cm³/mol. The van der Waals surface area contributed by atoms with E-state index in [1.807, 2.05) is 0 Å². The van der Waals surface area contributed by atoms with Crippen molar-refractivity contribution in [1.29, 1.82) is 0 Å². The van der Waals surface area contributed by atoms with Gasteiger partial charge in [-0.3, -0.25) is 4.55 Å². The van der Waals surface area contributed by atoms with E-state index in [1.54, 1.807) is 42.5 Å². The van der Waals surface area contributed by atoms with E-state index in [9.17, 15) is 23.2 Å². The second-order valence-corrected chi connectivity index (χ2v) is 7.87. The van der Waals surface area contributed by atoms with Crippen LogP contribution in [-0.2, 0) is 10.1 Å². The number of fused-ring (bicyclic) bond motifs is 2. The molecule has 152 valence electrons. The fraction of sp³-hybridized carbons (Fsp3) is 0.0476. The number of hydrogen-bond acceptors (Lipinski definition) is 7. The topological polar surface area (TPSA) is 129 Å². The van der Waals surface area contributed by atoms with Crippen molar-refractivity contribution in [2.45, 2.75) is 4.90 Å². The molecule has 0 saturated carbocycles. The first-order valence-electron chi connectivity index (χ1n) is 8.73. The fourth-order valence-corrected chi connectivity index (χ4v) is 3.95. The first kappa shape index (κ1) is 19.6. The van der Waals surface area contributed by atoms with Crippen molar-refractivity contribution >= 4 is 43.0 Å². The Kier molecular flexibility index (Phi) is 4.76. The van der Waals surface area contributed by atoms with Crippen LogP contribution in [0.4, 0.5) is 11.4 Å². The maximum Gasteiger partial charge on any atom is 0.295 e. The van der Waals surface area contributed by atoms with E-state index in [-0.39, 0.29) is 27.9 Å². The minimum absolute atomic E-state index is 0.00250. The molecule has 0 amide bonds. The Morgan fingerprint density at radius 2 is 1.43 bits per heavy atom. The summed E-state index contributed by atoms with van der Waals surface area (Å²) in [5.74, 6) is -0.0458. The van der Waals surface area contributed by atoms with Gasteiger partial charge in [-0.1, -0.05) is 36.4 Å². The van der Waals surface area contributed by atoms with Gasteiger partial charge in [-0.05, 0) is 23.6 Å². The van der Waals surface area contributed by atoms with Crippen LogP contribution < -0.4 is 4.74 Å². The molecule has 0 radical (unpaired) electrons. The van der Waals surface area contributed by atoms with Crippen molar-refractivity contribution in [3.8, 4) is 17.2 Å². The summed E-state index contributed by atoms with van der Waals surface area (Å²) in [4.78, 5) is -0.438. The highest BCUT2D eigenvalue weighted by molar-refractivity contribution is 7.86. The Hall–Kier alpha value is -3.69. The summed E-state index contributed by atoms with van der Waals surface area (Å²) >= 11 is 0. The van der Waals surface area contributed by atoms with Crippen LogP contribution in [-0.4, -0.2) is 30.3 Å². The number of phenols is 2. The Labute approximate surface area is 171 Å². The molecule has 4 aromatic rings. The molecule has 4 aromatic carbocycles. The molecular formula is C21H16N2O6S. The molecule has 0 unspecified atom stereocenters. The molecule has 0 aromatic heterocycles. The Morgan fingerprint density at radius 3 is 2.10 bits per heavy atom. The smallest absolute Gasteiger partial charge is 0.295 e. The largest absolute Gasteiger partial charge is 0.506 e. The van der Waals surface area contributed by atoms with Gasteiger partial charge < -0.3 is 14.9 Å². The SMILES string of the molecule is COc1ccc2ccc(O)c(N=Nc3c(O)cc(S(=O)(=O)O)c4ccccc34)c2c1. The monoisotopic (exact) mass is 424 g/mol. The van der Waals surface area contributed by atoms with Crippen LogP contribution in [0.25, 0.3) is 21.5 Å². The lowest BCUT2D eigenvalue weighted by atomic mass is 10.1. The van der Waals surface area contributed by atoms with Gasteiger partial charge in [-0.25, -0.2) is 0 Å². The van der Waals surface area contributed by atoms with Crippen LogP contribution in [0, 0.1) is 0 Å². The van der Waals surface area contributed by atoms with Crippen molar-refractivity contribution in [2.75, 3.05) is 7.11 Å². The molecule has 0 atom stereocenters. The van der Waals surface area contributed by atoms with Gasteiger partial charge in [0.25, 0.3) is 10.1 Å². The number of rotatable bonds is 4. The van der Waals surface area contributed by atoms with E-state index >= 15 is 0 Å². The Morgan fingerprint density at radius 1 is 0.800 bits per heavy atom. The fourth-order valence-electron chi connectivity index (χ4n) is 3.23. The second-order valence-electron chi connectivity index (χ2n) is 6.48. The first-order valence-corrected chi connectivity index (χ1v) is 10.2. The van der Waals surface area contributed by atoms with Crippen LogP contribution in [0.15, 0.2) is 75.8 Å². The molecule has 0 bridgehead atoms. The second kappa shape index (κ2) is 7.29. The van der Waals surface area contributed by atoms with E-state index in [0.29, 0.717) is 11.1 Å². The molecule has 3 N–H and O–H groups in total. The van der Waals surface area contributed by atoms with Crippen molar-refractivity contribution < 1.29 is 27.9 Å². The van der Waals surface area contributed by atoms with Gasteiger partial charge in [0.05, 0.1) is 7.11 Å². The van der Waals surface area contributed by atoms with E-state index in [2.05, 4.69) is 10.2 Å². The summed E-state index contributed by atoms with van der Waals surface area (Å²) in [6.45, 7) is 0. The standard InChI is InChI=1S/C21H16N2O6S/c1-29-13-8-6-12-7-9-17(24)21(16(12)10-13)23-22-20-15-5-3-2-4-14(15)19(11-18(20)25)30(26,27)28/h2-11,24-25H,1H3,(H,26,27,28). The molecule has 0 heterocycles. The van der Waals surface area contributed by atoms with Gasteiger partial charge >= 0.3 is 0 Å². The van der Waals surface area contributed by atoms with Gasteiger partial charge in [0, 0.05) is 22.2 Å². The zero-order valence-corrected chi connectivity index (χ0v) is 16.5. The summed E-state index contributed by atoms with van der Waals surface area (Å²) in [6.07, 6.45) is 0. The van der Waals surface area contributed by atoms with E-state index in [0.717, 1.165) is 11.5 Å². The number of methoxy groups -OCH3 is 1. The van der Waals surface area contributed by atoms with Gasteiger partial charge in [0.15, 0.2) is 0 Å². The van der Waals surface area contributed by atoms with Gasteiger partial charge in [0.1, 0.15) is 33.5 Å². The quantitative estimate of drug-likeness (QED) is 0.310. The van der Waals surface area contributed by atoms with Crippen LogP contribution in [0.1, 0.15) is 0 Å². The summed E-state index contributed by atoms with van der Waals surface area (Å²) in [7, 11) is -3.05. The zero-order chi connectivity index (χ0) is 21.5. The van der Waals surface area contributed by atoms with Crippen molar-refractivity contribution in [2.24, 2.45) is 10.2 Å². The van der Waals surface area contributed by atoms with Gasteiger partial charge in [-0.15, -0.1) is 10.2 Å². The third kappa shape index (κ3) is 3.40. The number of aromatic hydroxyl groups is 2. The molecule has 0 saturated heterocycles. The lowest BCUT2D eigenvalue weighted by Gasteiger charge is -2.09. The molecule has 0 aliphatic heterocycles. The van der Waals surface area contributed by atoms with Gasteiger partial charge in [0.2, 0.25) is 0 Å². The molecule has 0 aliphatic rings. The third-order valence-corrected chi connectivity index (χ3v) is 5.56. The Balaban J connectivity index is 1.95. The predicted octanol–water partition coefficient (Wildman–Crippen LogP) is 5.07. The summed E-state index contributed by atoms with van der Waals surface area (Å²) in [5.41, 5.74) is 0.158. The normalized spacial score (nSPS) is 12.1. The summed E-state index contributed by atoms with van der Waals surface area (Å²) < 4.78 is 38.1. The third-order valence-electron chi connectivity index (χ3n) is 4.66. The molecule has 0 spiro atoms. The van der Waals surface area contributed by atoms with Crippen molar-refractivity contribution in [3.63, 3.8) is 0 Å². The average molecular weight is 424 g/mol.